The lowest BCUT2D eigenvalue weighted by molar-refractivity contribution is 0.0103. The van der Waals surface area contributed by atoms with Gasteiger partial charge in [0, 0.05) is 12.5 Å². The first kappa shape index (κ1) is 16.5. The van der Waals surface area contributed by atoms with E-state index in [-0.39, 0.29) is 11.3 Å². The van der Waals surface area contributed by atoms with Crippen LogP contribution < -0.4 is 10.3 Å². The van der Waals surface area contributed by atoms with Crippen molar-refractivity contribution in [1.29, 1.82) is 5.26 Å². The van der Waals surface area contributed by atoms with Crippen molar-refractivity contribution in [1.82, 2.24) is 9.97 Å². The molecule has 0 aliphatic heterocycles. The number of benzene rings is 1. The fraction of sp³-hybridized carbons (Fsp3) is 0.214. The van der Waals surface area contributed by atoms with Crippen molar-refractivity contribution in [3.63, 3.8) is 0 Å². The summed E-state index contributed by atoms with van der Waals surface area (Å²) in [5.41, 5.74) is -2.65. The molecule has 5 nitrogen and oxygen atoms in total. The third-order valence-corrected chi connectivity index (χ3v) is 2.76. The standard InChI is InChI=1S/C14H9F4N3O2/c1-14(17,18)11-10(13(22)21-6-20-11)23-9-3-7(5-19)2-8(4-9)12(15)16/h2-4,6,12H,1H3,(H,20,21,22). The van der Waals surface area contributed by atoms with Crippen LogP contribution in [0.1, 0.15) is 30.2 Å². The zero-order valence-electron chi connectivity index (χ0n) is 11.6. The number of hydrogen-bond acceptors (Lipinski definition) is 4. The van der Waals surface area contributed by atoms with E-state index in [2.05, 4.69) is 9.97 Å². The predicted octanol–water partition coefficient (Wildman–Crippen LogP) is 3.48. The number of nitrogens with one attached hydrogen (secondary N) is 1. The molecule has 0 aliphatic carbocycles. The summed E-state index contributed by atoms with van der Waals surface area (Å²) in [5.74, 6) is -4.65. The Morgan fingerprint density at radius 1 is 1.35 bits per heavy atom. The minimum absolute atomic E-state index is 0.164. The summed E-state index contributed by atoms with van der Waals surface area (Å²) in [6.07, 6.45) is -2.12. The Labute approximate surface area is 127 Å². The van der Waals surface area contributed by atoms with Gasteiger partial charge in [0.25, 0.3) is 17.9 Å². The SMILES string of the molecule is CC(F)(F)c1nc[nH]c(=O)c1Oc1cc(C#N)cc(C(F)F)c1. The number of H-pyrrole nitrogens is 1. The van der Waals surface area contributed by atoms with Crippen LogP contribution in [0.25, 0.3) is 0 Å². The summed E-state index contributed by atoms with van der Waals surface area (Å²) in [6, 6.07) is 4.48. The number of hydrogen-bond donors (Lipinski definition) is 1. The van der Waals surface area contributed by atoms with Crippen LogP contribution in [0.3, 0.4) is 0 Å². The van der Waals surface area contributed by atoms with Gasteiger partial charge >= 0.3 is 0 Å². The van der Waals surface area contributed by atoms with Crippen LogP contribution in [0.15, 0.2) is 29.3 Å². The molecule has 1 heterocycles. The normalized spacial score (nSPS) is 11.3. The van der Waals surface area contributed by atoms with Crippen LogP contribution in [0.5, 0.6) is 11.5 Å². The molecule has 2 aromatic rings. The molecular formula is C14H9F4N3O2. The Hall–Kier alpha value is -2.89. The van der Waals surface area contributed by atoms with Gasteiger partial charge in [-0.15, -0.1) is 0 Å². The van der Waals surface area contributed by atoms with Crippen molar-refractivity contribution >= 4 is 0 Å². The van der Waals surface area contributed by atoms with Crippen LogP contribution >= 0.6 is 0 Å². The number of alkyl halides is 4. The molecule has 0 atom stereocenters. The smallest absolute Gasteiger partial charge is 0.294 e. The van der Waals surface area contributed by atoms with Gasteiger partial charge in [0.15, 0.2) is 5.69 Å². The molecule has 120 valence electrons. The van der Waals surface area contributed by atoms with E-state index >= 15 is 0 Å². The second-order valence-corrected chi connectivity index (χ2v) is 4.60. The summed E-state index contributed by atoms with van der Waals surface area (Å²) < 4.78 is 57.6. The number of aromatic amines is 1. The Kier molecular flexibility index (Phi) is 4.36. The van der Waals surface area contributed by atoms with Crippen molar-refractivity contribution in [2.24, 2.45) is 0 Å². The molecule has 1 aromatic carbocycles. The third kappa shape index (κ3) is 3.66. The summed E-state index contributed by atoms with van der Waals surface area (Å²) in [5, 5.41) is 8.82. The monoisotopic (exact) mass is 327 g/mol. The molecule has 0 amide bonds. The maximum Gasteiger partial charge on any atom is 0.294 e. The fourth-order valence-electron chi connectivity index (χ4n) is 1.78. The Bertz CT molecular complexity index is 822. The van der Waals surface area contributed by atoms with E-state index < -0.39 is 34.9 Å². The van der Waals surface area contributed by atoms with Crippen molar-refractivity contribution in [3.05, 3.63) is 51.7 Å². The van der Waals surface area contributed by atoms with Gasteiger partial charge in [0.2, 0.25) is 5.75 Å². The number of aromatic nitrogens is 2. The average Bonchev–Trinajstić information content (AvgIpc) is 2.47. The van der Waals surface area contributed by atoms with E-state index in [4.69, 9.17) is 10.00 Å². The zero-order chi connectivity index (χ0) is 17.2. The van der Waals surface area contributed by atoms with Gasteiger partial charge in [-0.1, -0.05) is 0 Å². The van der Waals surface area contributed by atoms with Crippen LogP contribution in [0.2, 0.25) is 0 Å². The topological polar surface area (TPSA) is 78.8 Å². The zero-order valence-corrected chi connectivity index (χ0v) is 11.6. The molecule has 1 aromatic heterocycles. The Morgan fingerprint density at radius 2 is 2.04 bits per heavy atom. The van der Waals surface area contributed by atoms with E-state index in [1.165, 1.54) is 0 Å². The molecule has 9 heteroatoms. The molecule has 0 aliphatic rings. The summed E-state index contributed by atoms with van der Waals surface area (Å²) in [7, 11) is 0. The van der Waals surface area contributed by atoms with E-state index in [1.807, 2.05) is 0 Å². The molecule has 0 bridgehead atoms. The Morgan fingerprint density at radius 3 is 2.61 bits per heavy atom. The number of nitrogens with zero attached hydrogens (tertiary/aromatic N) is 2. The van der Waals surface area contributed by atoms with Crippen LogP contribution in [-0.2, 0) is 5.92 Å². The summed E-state index contributed by atoms with van der Waals surface area (Å²) in [6.45, 7) is 0.512. The highest BCUT2D eigenvalue weighted by Gasteiger charge is 2.32. The number of halogens is 4. The van der Waals surface area contributed by atoms with Gasteiger partial charge < -0.3 is 9.72 Å². The van der Waals surface area contributed by atoms with Crippen LogP contribution in [-0.4, -0.2) is 9.97 Å². The first-order chi connectivity index (χ1) is 10.7. The first-order valence-electron chi connectivity index (χ1n) is 6.19. The lowest BCUT2D eigenvalue weighted by Crippen LogP contribution is -2.19. The minimum atomic E-state index is -3.48. The molecule has 0 radical (unpaired) electrons. The molecule has 1 N–H and O–H groups in total. The number of rotatable bonds is 4. The van der Waals surface area contributed by atoms with Gasteiger partial charge in [-0.05, 0) is 18.2 Å². The molecular weight excluding hydrogens is 318 g/mol. The van der Waals surface area contributed by atoms with E-state index in [0.29, 0.717) is 6.92 Å². The van der Waals surface area contributed by atoms with Crippen LogP contribution in [0, 0.1) is 11.3 Å². The summed E-state index contributed by atoms with van der Waals surface area (Å²) >= 11 is 0. The van der Waals surface area contributed by atoms with Crippen molar-refractivity contribution in [2.75, 3.05) is 0 Å². The average molecular weight is 327 g/mol. The van der Waals surface area contributed by atoms with Gasteiger partial charge in [-0.25, -0.2) is 13.8 Å². The highest BCUT2D eigenvalue weighted by atomic mass is 19.3. The first-order valence-corrected chi connectivity index (χ1v) is 6.19. The highest BCUT2D eigenvalue weighted by molar-refractivity contribution is 5.43. The van der Waals surface area contributed by atoms with Crippen LogP contribution in [0.4, 0.5) is 17.6 Å². The molecule has 0 spiro atoms. The van der Waals surface area contributed by atoms with Gasteiger partial charge in [-0.2, -0.15) is 14.0 Å². The van der Waals surface area contributed by atoms with Gasteiger partial charge in [0.1, 0.15) is 5.75 Å². The van der Waals surface area contributed by atoms with Gasteiger partial charge in [0.05, 0.1) is 18.0 Å². The lowest BCUT2D eigenvalue weighted by Gasteiger charge is -2.14. The predicted molar refractivity (Wildman–Crippen MR) is 70.6 cm³/mol. The van der Waals surface area contributed by atoms with Crippen molar-refractivity contribution in [2.45, 2.75) is 19.3 Å². The van der Waals surface area contributed by atoms with E-state index in [0.717, 1.165) is 24.5 Å². The fourth-order valence-corrected chi connectivity index (χ4v) is 1.78. The van der Waals surface area contributed by atoms with E-state index in [9.17, 15) is 22.4 Å². The maximum atomic E-state index is 13.5. The quantitative estimate of drug-likeness (QED) is 0.872. The second kappa shape index (κ2) is 6.08. The number of ether oxygens (including phenoxy) is 1. The van der Waals surface area contributed by atoms with Crippen molar-refractivity contribution < 1.29 is 22.3 Å². The van der Waals surface area contributed by atoms with Crippen molar-refractivity contribution in [3.8, 4) is 17.6 Å². The third-order valence-electron chi connectivity index (χ3n) is 2.76. The molecule has 0 saturated heterocycles. The highest BCUT2D eigenvalue weighted by Crippen LogP contribution is 2.33. The maximum absolute atomic E-state index is 13.5. The summed E-state index contributed by atoms with van der Waals surface area (Å²) in [4.78, 5) is 17.1. The lowest BCUT2D eigenvalue weighted by atomic mass is 10.1. The second-order valence-electron chi connectivity index (χ2n) is 4.60. The molecule has 0 fully saturated rings. The largest absolute Gasteiger partial charge is 0.449 e. The van der Waals surface area contributed by atoms with Gasteiger partial charge in [-0.3, -0.25) is 4.79 Å². The molecule has 2 rings (SSSR count). The van der Waals surface area contributed by atoms with E-state index in [1.54, 1.807) is 6.07 Å². The minimum Gasteiger partial charge on any atom is -0.449 e. The number of nitriles is 1. The molecule has 0 unspecified atom stereocenters. The Balaban J connectivity index is 2.55. The molecule has 23 heavy (non-hydrogen) atoms. The molecule has 0 saturated carbocycles.